The summed E-state index contributed by atoms with van der Waals surface area (Å²) in [7, 11) is 0. The molecule has 1 saturated heterocycles. The summed E-state index contributed by atoms with van der Waals surface area (Å²) in [5.74, 6) is -1.99. The average Bonchev–Trinajstić information content (AvgIpc) is 2.71. The molecule has 110 valence electrons. The summed E-state index contributed by atoms with van der Waals surface area (Å²) in [5.41, 5.74) is -0.112. The first kappa shape index (κ1) is 14.9. The van der Waals surface area contributed by atoms with Crippen LogP contribution in [0.5, 0.6) is 0 Å². The molecule has 1 aliphatic heterocycles. The Morgan fingerprint density at radius 1 is 1.40 bits per heavy atom. The number of nitrogens with zero attached hydrogens (tertiary/aromatic N) is 1. The molecule has 1 aromatic rings. The zero-order valence-corrected chi connectivity index (χ0v) is 11.7. The molecule has 1 heterocycles. The van der Waals surface area contributed by atoms with Crippen molar-refractivity contribution in [2.24, 2.45) is 5.41 Å². The van der Waals surface area contributed by atoms with Crippen molar-refractivity contribution >= 4 is 5.97 Å². The molecular weight excluding hydrogens is 264 g/mol. The fourth-order valence-corrected chi connectivity index (χ4v) is 2.74. The molecule has 5 heteroatoms. The predicted molar refractivity (Wildman–Crippen MR) is 71.6 cm³/mol. The third-order valence-electron chi connectivity index (χ3n) is 4.05. The van der Waals surface area contributed by atoms with Crippen molar-refractivity contribution in [3.63, 3.8) is 0 Å². The maximum Gasteiger partial charge on any atom is 0.310 e. The summed E-state index contributed by atoms with van der Waals surface area (Å²) < 4.78 is 26.4. The van der Waals surface area contributed by atoms with Gasteiger partial charge in [0.1, 0.15) is 11.6 Å². The average molecular weight is 283 g/mol. The monoisotopic (exact) mass is 283 g/mol. The highest BCUT2D eigenvalue weighted by atomic mass is 19.1. The molecule has 1 aliphatic rings. The first-order chi connectivity index (χ1) is 9.30. The Morgan fingerprint density at radius 2 is 2.00 bits per heavy atom. The molecule has 0 aliphatic carbocycles. The molecule has 20 heavy (non-hydrogen) atoms. The van der Waals surface area contributed by atoms with Crippen LogP contribution in [0.4, 0.5) is 8.78 Å². The van der Waals surface area contributed by atoms with Gasteiger partial charge in [0.2, 0.25) is 0 Å². The van der Waals surface area contributed by atoms with Crippen LogP contribution in [0.25, 0.3) is 0 Å². The van der Waals surface area contributed by atoms with Gasteiger partial charge in [-0.2, -0.15) is 0 Å². The summed E-state index contributed by atoms with van der Waals surface area (Å²) in [4.78, 5) is 13.2. The number of carboxylic acid groups (broad SMARTS) is 1. The third kappa shape index (κ3) is 3.15. The van der Waals surface area contributed by atoms with E-state index in [-0.39, 0.29) is 5.92 Å². The summed E-state index contributed by atoms with van der Waals surface area (Å²) in [5, 5.41) is 9.19. The highest BCUT2D eigenvalue weighted by molar-refractivity contribution is 5.74. The van der Waals surface area contributed by atoms with E-state index in [0.29, 0.717) is 31.6 Å². The summed E-state index contributed by atoms with van der Waals surface area (Å²) >= 11 is 0. The lowest BCUT2D eigenvalue weighted by Gasteiger charge is -2.23. The Bertz CT molecular complexity index is 500. The van der Waals surface area contributed by atoms with Crippen LogP contribution in [0.15, 0.2) is 18.2 Å². The van der Waals surface area contributed by atoms with Crippen molar-refractivity contribution in [1.29, 1.82) is 0 Å². The van der Waals surface area contributed by atoms with E-state index in [1.54, 1.807) is 6.92 Å². The van der Waals surface area contributed by atoms with Crippen LogP contribution < -0.4 is 0 Å². The number of hydrogen-bond acceptors (Lipinski definition) is 2. The maximum atomic E-state index is 13.2. The Labute approximate surface area is 117 Å². The van der Waals surface area contributed by atoms with Crippen molar-refractivity contribution in [2.45, 2.75) is 26.2 Å². The van der Waals surface area contributed by atoms with Gasteiger partial charge in [-0.3, -0.25) is 4.79 Å². The largest absolute Gasteiger partial charge is 0.481 e. The Morgan fingerprint density at radius 3 is 2.50 bits per heavy atom. The summed E-state index contributed by atoms with van der Waals surface area (Å²) in [6.45, 7) is 5.41. The van der Waals surface area contributed by atoms with E-state index >= 15 is 0 Å². The first-order valence-electron chi connectivity index (χ1n) is 6.72. The van der Waals surface area contributed by atoms with Gasteiger partial charge in [0.15, 0.2) is 0 Å². The first-order valence-corrected chi connectivity index (χ1v) is 6.72. The second kappa shape index (κ2) is 5.48. The van der Waals surface area contributed by atoms with Gasteiger partial charge < -0.3 is 10.0 Å². The molecule has 0 bridgehead atoms. The lowest BCUT2D eigenvalue weighted by molar-refractivity contribution is -0.147. The van der Waals surface area contributed by atoms with Crippen LogP contribution in [-0.2, 0) is 4.79 Å². The number of carboxylic acids is 1. The third-order valence-corrected chi connectivity index (χ3v) is 4.05. The molecule has 1 fully saturated rings. The van der Waals surface area contributed by atoms with E-state index < -0.39 is 23.0 Å². The highest BCUT2D eigenvalue weighted by Gasteiger charge is 2.40. The molecule has 0 spiro atoms. The lowest BCUT2D eigenvalue weighted by atomic mass is 9.90. The molecule has 0 aromatic heterocycles. The lowest BCUT2D eigenvalue weighted by Crippen LogP contribution is -2.33. The number of benzene rings is 1. The topological polar surface area (TPSA) is 40.5 Å². The van der Waals surface area contributed by atoms with Crippen LogP contribution >= 0.6 is 0 Å². The second-order valence-corrected chi connectivity index (χ2v) is 5.95. The van der Waals surface area contributed by atoms with Crippen molar-refractivity contribution in [3.8, 4) is 0 Å². The fraction of sp³-hybridized carbons (Fsp3) is 0.533. The number of hydrogen-bond donors (Lipinski definition) is 1. The number of likely N-dealkylation sites (tertiary alicyclic amines) is 1. The summed E-state index contributed by atoms with van der Waals surface area (Å²) in [6.07, 6.45) is 0.604. The van der Waals surface area contributed by atoms with Gasteiger partial charge in [0, 0.05) is 19.2 Å². The fourth-order valence-electron chi connectivity index (χ4n) is 2.74. The van der Waals surface area contributed by atoms with Gasteiger partial charge in [-0.15, -0.1) is 0 Å². The maximum absolute atomic E-state index is 13.2. The standard InChI is InChI=1S/C15H19F2NO2/c1-10(11-5-12(16)7-13(17)6-11)8-18-4-3-15(2,9-18)14(19)20/h5-7,10H,3-4,8-9H2,1-2H3,(H,19,20). The highest BCUT2D eigenvalue weighted by Crippen LogP contribution is 2.31. The Hall–Kier alpha value is -1.49. The van der Waals surface area contributed by atoms with Crippen molar-refractivity contribution < 1.29 is 18.7 Å². The molecule has 0 amide bonds. The molecule has 1 N–H and O–H groups in total. The van der Waals surface area contributed by atoms with Gasteiger partial charge in [-0.25, -0.2) is 8.78 Å². The Balaban J connectivity index is 2.02. The number of rotatable bonds is 4. The number of carbonyl (C=O) groups is 1. The van der Waals surface area contributed by atoms with Crippen molar-refractivity contribution in [2.75, 3.05) is 19.6 Å². The number of aliphatic carboxylic acids is 1. The Kier molecular flexibility index (Phi) is 4.09. The van der Waals surface area contributed by atoms with Crippen molar-refractivity contribution in [3.05, 3.63) is 35.4 Å². The van der Waals surface area contributed by atoms with Crippen LogP contribution in [0.3, 0.4) is 0 Å². The van der Waals surface area contributed by atoms with E-state index in [0.717, 1.165) is 6.07 Å². The van der Waals surface area contributed by atoms with Gasteiger partial charge >= 0.3 is 5.97 Å². The van der Waals surface area contributed by atoms with E-state index in [1.165, 1.54) is 12.1 Å². The SMILES string of the molecule is CC(CN1CCC(C)(C(=O)O)C1)c1cc(F)cc(F)c1. The normalized spacial score (nSPS) is 24.8. The quantitative estimate of drug-likeness (QED) is 0.923. The summed E-state index contributed by atoms with van der Waals surface area (Å²) in [6, 6.07) is 3.52. The van der Waals surface area contributed by atoms with Gasteiger partial charge in [0.05, 0.1) is 5.41 Å². The van der Waals surface area contributed by atoms with Crippen LogP contribution in [-0.4, -0.2) is 35.6 Å². The van der Waals surface area contributed by atoms with Crippen LogP contribution in [0, 0.1) is 17.0 Å². The minimum atomic E-state index is -0.788. The van der Waals surface area contributed by atoms with Crippen molar-refractivity contribution in [1.82, 2.24) is 4.90 Å². The molecule has 2 unspecified atom stereocenters. The van der Waals surface area contributed by atoms with Gasteiger partial charge in [-0.1, -0.05) is 6.92 Å². The minimum absolute atomic E-state index is 0.0451. The number of halogens is 2. The van der Waals surface area contributed by atoms with E-state index in [4.69, 9.17) is 0 Å². The zero-order chi connectivity index (χ0) is 14.9. The van der Waals surface area contributed by atoms with Gasteiger partial charge in [-0.05, 0) is 43.5 Å². The smallest absolute Gasteiger partial charge is 0.310 e. The van der Waals surface area contributed by atoms with Gasteiger partial charge in [0.25, 0.3) is 0 Å². The zero-order valence-electron chi connectivity index (χ0n) is 11.7. The van der Waals surface area contributed by atoms with E-state index in [2.05, 4.69) is 0 Å². The van der Waals surface area contributed by atoms with Crippen LogP contribution in [0.2, 0.25) is 0 Å². The molecule has 2 atom stereocenters. The van der Waals surface area contributed by atoms with E-state index in [9.17, 15) is 18.7 Å². The second-order valence-electron chi connectivity index (χ2n) is 5.95. The minimum Gasteiger partial charge on any atom is -0.481 e. The molecule has 0 radical (unpaired) electrons. The molecule has 0 saturated carbocycles. The van der Waals surface area contributed by atoms with Crippen LogP contribution in [0.1, 0.15) is 31.7 Å². The van der Waals surface area contributed by atoms with E-state index in [1.807, 2.05) is 11.8 Å². The molecule has 1 aromatic carbocycles. The molecule has 3 nitrogen and oxygen atoms in total. The predicted octanol–water partition coefficient (Wildman–Crippen LogP) is 2.86. The molecular formula is C15H19F2NO2. The molecule has 2 rings (SSSR count).